The fourth-order valence-corrected chi connectivity index (χ4v) is 1.91. The van der Waals surface area contributed by atoms with Crippen LogP contribution in [0.5, 0.6) is 5.75 Å². The summed E-state index contributed by atoms with van der Waals surface area (Å²) < 4.78 is 49.1. The van der Waals surface area contributed by atoms with Crippen LogP contribution < -0.4 is 10.1 Å². The number of halogens is 3. The molecule has 0 saturated heterocycles. The molecule has 0 saturated carbocycles. The minimum atomic E-state index is -4.73. The number of methoxy groups -OCH3 is 1. The van der Waals surface area contributed by atoms with E-state index in [4.69, 9.17) is 9.47 Å². The Morgan fingerprint density at radius 2 is 1.72 bits per heavy atom. The largest absolute Gasteiger partial charge is 0.497 e. The van der Waals surface area contributed by atoms with E-state index in [0.29, 0.717) is 17.4 Å². The Morgan fingerprint density at radius 1 is 1.08 bits per heavy atom. The van der Waals surface area contributed by atoms with Gasteiger partial charge in [-0.3, -0.25) is 0 Å². The minimum Gasteiger partial charge on any atom is -0.497 e. The predicted octanol–water partition coefficient (Wildman–Crippen LogP) is 4.30. The van der Waals surface area contributed by atoms with Crippen LogP contribution in [0.2, 0.25) is 0 Å². The number of carbonyl (C=O) groups is 1. The molecule has 0 atom stereocenters. The monoisotopic (exact) mass is 351 g/mol. The SMILES string of the molecule is COc1ccc(N/C(=C/C(=O)OCc2ccccc2)C(F)(F)F)cc1. The molecular formula is C18H16F3NO3. The Balaban J connectivity index is 2.07. The maximum absolute atomic E-state index is 13.1. The van der Waals surface area contributed by atoms with E-state index < -0.39 is 17.8 Å². The Morgan fingerprint density at radius 3 is 2.28 bits per heavy atom. The summed E-state index contributed by atoms with van der Waals surface area (Å²) in [5.41, 5.74) is -0.364. The summed E-state index contributed by atoms with van der Waals surface area (Å²) in [4.78, 5) is 11.7. The van der Waals surface area contributed by atoms with Crippen LogP contribution in [0.3, 0.4) is 0 Å². The zero-order valence-corrected chi connectivity index (χ0v) is 13.3. The molecule has 2 aromatic carbocycles. The van der Waals surface area contributed by atoms with Gasteiger partial charge in [-0.2, -0.15) is 13.2 Å². The predicted molar refractivity (Wildman–Crippen MR) is 87.0 cm³/mol. The van der Waals surface area contributed by atoms with E-state index in [9.17, 15) is 18.0 Å². The minimum absolute atomic E-state index is 0.107. The van der Waals surface area contributed by atoms with E-state index in [-0.39, 0.29) is 12.3 Å². The van der Waals surface area contributed by atoms with Crippen molar-refractivity contribution in [1.82, 2.24) is 0 Å². The van der Waals surface area contributed by atoms with Crippen LogP contribution in [-0.2, 0) is 16.1 Å². The fraction of sp³-hybridized carbons (Fsp3) is 0.167. The maximum atomic E-state index is 13.1. The molecule has 2 aromatic rings. The number of allylic oxidation sites excluding steroid dienone is 1. The fourth-order valence-electron chi connectivity index (χ4n) is 1.91. The zero-order valence-electron chi connectivity index (χ0n) is 13.3. The van der Waals surface area contributed by atoms with Crippen molar-refractivity contribution in [3.8, 4) is 5.75 Å². The molecule has 2 rings (SSSR count). The first-order valence-electron chi connectivity index (χ1n) is 7.29. The highest BCUT2D eigenvalue weighted by molar-refractivity contribution is 5.83. The first-order chi connectivity index (χ1) is 11.9. The second-order valence-electron chi connectivity index (χ2n) is 5.00. The van der Waals surface area contributed by atoms with Crippen LogP contribution in [0, 0.1) is 0 Å². The lowest BCUT2D eigenvalue weighted by atomic mass is 10.2. The van der Waals surface area contributed by atoms with Gasteiger partial charge in [0.15, 0.2) is 0 Å². The molecule has 0 heterocycles. The summed E-state index contributed by atoms with van der Waals surface area (Å²) in [7, 11) is 1.45. The average molecular weight is 351 g/mol. The number of hydrogen-bond donors (Lipinski definition) is 1. The molecule has 7 heteroatoms. The second kappa shape index (κ2) is 8.23. The summed E-state index contributed by atoms with van der Waals surface area (Å²) in [6.45, 7) is -0.107. The lowest BCUT2D eigenvalue weighted by Gasteiger charge is -2.14. The molecule has 0 aliphatic carbocycles. The molecule has 0 fully saturated rings. The van der Waals surface area contributed by atoms with Gasteiger partial charge in [0.2, 0.25) is 0 Å². The molecule has 0 spiro atoms. The Bertz CT molecular complexity index is 725. The molecule has 0 aliphatic heterocycles. The smallest absolute Gasteiger partial charge is 0.431 e. The van der Waals surface area contributed by atoms with Gasteiger partial charge in [0.25, 0.3) is 0 Å². The quantitative estimate of drug-likeness (QED) is 0.623. The van der Waals surface area contributed by atoms with Gasteiger partial charge >= 0.3 is 12.1 Å². The summed E-state index contributed by atoms with van der Waals surface area (Å²) in [5.74, 6) is -0.581. The number of alkyl halides is 3. The van der Waals surface area contributed by atoms with Crippen molar-refractivity contribution >= 4 is 11.7 Å². The van der Waals surface area contributed by atoms with E-state index in [1.165, 1.54) is 31.4 Å². The molecule has 25 heavy (non-hydrogen) atoms. The van der Waals surface area contributed by atoms with Crippen molar-refractivity contribution < 1.29 is 27.4 Å². The summed E-state index contributed by atoms with van der Waals surface area (Å²) in [6.07, 6.45) is -4.33. The standard InChI is InChI=1S/C18H16F3NO3/c1-24-15-9-7-14(8-10-15)22-16(18(19,20)21)11-17(23)25-12-13-5-3-2-4-6-13/h2-11,22H,12H2,1H3/b16-11+. The van der Waals surface area contributed by atoms with Gasteiger partial charge in [0, 0.05) is 5.69 Å². The summed E-state index contributed by atoms with van der Waals surface area (Å²) in [5, 5.41) is 2.18. The van der Waals surface area contributed by atoms with Gasteiger partial charge in [0.05, 0.1) is 13.2 Å². The maximum Gasteiger partial charge on any atom is 0.431 e. The Kier molecular flexibility index (Phi) is 6.05. The van der Waals surface area contributed by atoms with E-state index in [2.05, 4.69) is 5.32 Å². The first-order valence-corrected chi connectivity index (χ1v) is 7.29. The van der Waals surface area contributed by atoms with Gasteiger partial charge in [-0.25, -0.2) is 4.79 Å². The van der Waals surface area contributed by atoms with Crippen LogP contribution >= 0.6 is 0 Å². The van der Waals surface area contributed by atoms with E-state index >= 15 is 0 Å². The van der Waals surface area contributed by atoms with Crippen molar-refractivity contribution in [3.63, 3.8) is 0 Å². The molecule has 0 unspecified atom stereocenters. The summed E-state index contributed by atoms with van der Waals surface area (Å²) in [6, 6.07) is 14.5. The second-order valence-corrected chi connectivity index (χ2v) is 5.00. The molecule has 1 N–H and O–H groups in total. The van der Waals surface area contributed by atoms with Crippen molar-refractivity contribution in [2.45, 2.75) is 12.8 Å². The van der Waals surface area contributed by atoms with Gasteiger partial charge in [-0.15, -0.1) is 0 Å². The van der Waals surface area contributed by atoms with Crippen LogP contribution in [-0.4, -0.2) is 19.3 Å². The third-order valence-electron chi connectivity index (χ3n) is 3.16. The van der Waals surface area contributed by atoms with Crippen molar-refractivity contribution in [3.05, 3.63) is 71.9 Å². The average Bonchev–Trinajstić information content (AvgIpc) is 2.60. The molecule has 4 nitrogen and oxygen atoms in total. The number of hydrogen-bond acceptors (Lipinski definition) is 4. The topological polar surface area (TPSA) is 47.6 Å². The van der Waals surface area contributed by atoms with Gasteiger partial charge in [-0.05, 0) is 29.8 Å². The van der Waals surface area contributed by atoms with Crippen LogP contribution in [0.1, 0.15) is 5.56 Å². The number of anilines is 1. The van der Waals surface area contributed by atoms with Crippen LogP contribution in [0.4, 0.5) is 18.9 Å². The number of benzene rings is 2. The lowest BCUT2D eigenvalue weighted by Crippen LogP contribution is -2.21. The third kappa shape index (κ3) is 5.87. The molecular weight excluding hydrogens is 335 g/mol. The lowest BCUT2D eigenvalue weighted by molar-refractivity contribution is -0.140. The molecule has 0 radical (unpaired) electrons. The number of esters is 1. The van der Waals surface area contributed by atoms with E-state index in [0.717, 1.165) is 0 Å². The normalized spacial score (nSPS) is 11.8. The highest BCUT2D eigenvalue weighted by atomic mass is 19.4. The molecule has 132 valence electrons. The van der Waals surface area contributed by atoms with Crippen LogP contribution in [0.25, 0.3) is 0 Å². The molecule has 0 bridgehead atoms. The molecule has 0 amide bonds. The Hall–Kier alpha value is -2.96. The number of carbonyl (C=O) groups excluding carboxylic acids is 1. The van der Waals surface area contributed by atoms with Crippen molar-refractivity contribution in [1.29, 1.82) is 0 Å². The highest BCUT2D eigenvalue weighted by Crippen LogP contribution is 2.28. The number of ether oxygens (including phenoxy) is 2. The van der Waals surface area contributed by atoms with Gasteiger partial charge in [0.1, 0.15) is 18.1 Å². The summed E-state index contributed by atoms with van der Waals surface area (Å²) >= 11 is 0. The van der Waals surface area contributed by atoms with Gasteiger partial charge in [-0.1, -0.05) is 30.3 Å². The zero-order chi connectivity index (χ0) is 18.3. The van der Waals surface area contributed by atoms with Crippen molar-refractivity contribution in [2.24, 2.45) is 0 Å². The number of nitrogens with one attached hydrogen (secondary N) is 1. The molecule has 0 aromatic heterocycles. The number of rotatable bonds is 6. The van der Waals surface area contributed by atoms with Gasteiger partial charge < -0.3 is 14.8 Å². The van der Waals surface area contributed by atoms with E-state index in [1.807, 2.05) is 0 Å². The van der Waals surface area contributed by atoms with E-state index in [1.54, 1.807) is 30.3 Å². The first kappa shape index (κ1) is 18.4. The highest BCUT2D eigenvalue weighted by Gasteiger charge is 2.35. The third-order valence-corrected chi connectivity index (χ3v) is 3.16. The van der Waals surface area contributed by atoms with Crippen LogP contribution in [0.15, 0.2) is 66.4 Å². The van der Waals surface area contributed by atoms with Crippen molar-refractivity contribution in [2.75, 3.05) is 12.4 Å². The molecule has 0 aliphatic rings. The Labute approximate surface area is 142 Å².